The van der Waals surface area contributed by atoms with Crippen LogP contribution in [0.25, 0.3) is 0 Å². The highest BCUT2D eigenvalue weighted by Gasteiger charge is 2.25. The molecule has 39 heavy (non-hydrogen) atoms. The van der Waals surface area contributed by atoms with E-state index in [-0.39, 0.29) is 23.6 Å². The average molecular weight is 521 g/mol. The smallest absolute Gasteiger partial charge is 0.221 e. The molecule has 9 heteroatoms. The molecule has 3 aromatic carbocycles. The lowest BCUT2D eigenvalue weighted by Gasteiger charge is -2.31. The molecule has 0 bridgehead atoms. The van der Waals surface area contributed by atoms with Crippen LogP contribution in [0.4, 0.5) is 11.8 Å². The van der Waals surface area contributed by atoms with Gasteiger partial charge in [-0.15, -0.1) is 0 Å². The minimum absolute atomic E-state index is 0.0985. The van der Waals surface area contributed by atoms with Gasteiger partial charge in [0.1, 0.15) is 11.9 Å². The predicted octanol–water partition coefficient (Wildman–Crippen LogP) is 4.38. The number of methoxy groups -OCH3 is 2. The van der Waals surface area contributed by atoms with Gasteiger partial charge in [0.05, 0.1) is 26.0 Å². The zero-order chi connectivity index (χ0) is 27.4. The van der Waals surface area contributed by atoms with Crippen LogP contribution in [0.3, 0.4) is 0 Å². The molecule has 4 aromatic rings. The molecule has 2 heterocycles. The zero-order valence-electron chi connectivity index (χ0n) is 21.6. The summed E-state index contributed by atoms with van der Waals surface area (Å²) < 4.78 is 11.1. The van der Waals surface area contributed by atoms with Crippen molar-refractivity contribution in [3.63, 3.8) is 0 Å². The number of allylic oxidation sites excluding steroid dienone is 1. The molecule has 1 unspecified atom stereocenters. The first-order chi connectivity index (χ1) is 19.0. The van der Waals surface area contributed by atoms with Gasteiger partial charge >= 0.3 is 0 Å². The van der Waals surface area contributed by atoms with E-state index < -0.39 is 0 Å². The maximum absolute atomic E-state index is 13.6. The number of rotatable bonds is 8. The molecule has 5 rings (SSSR count). The lowest BCUT2D eigenvalue weighted by molar-refractivity contribution is 0.104. The monoisotopic (exact) mass is 520 g/mol. The maximum atomic E-state index is 13.6. The molecule has 4 N–H and O–H groups in total. The molecule has 0 aliphatic carbocycles. The van der Waals surface area contributed by atoms with Crippen LogP contribution in [-0.2, 0) is 6.42 Å². The molecule has 1 aliphatic rings. The van der Waals surface area contributed by atoms with Crippen molar-refractivity contribution in [1.82, 2.24) is 15.0 Å². The summed E-state index contributed by atoms with van der Waals surface area (Å²) in [6.07, 6.45) is 6.93. The molecule has 0 fully saturated rings. The second kappa shape index (κ2) is 11.1. The molecule has 0 saturated heterocycles. The second-order valence-electron chi connectivity index (χ2n) is 8.94. The first-order valence-electron chi connectivity index (χ1n) is 12.3. The third-order valence-corrected chi connectivity index (χ3v) is 6.49. The summed E-state index contributed by atoms with van der Waals surface area (Å²) in [6, 6.07) is 21.5. The summed E-state index contributed by atoms with van der Waals surface area (Å²) >= 11 is 0. The van der Waals surface area contributed by atoms with Crippen LogP contribution < -0.4 is 20.9 Å². The normalized spacial score (nSPS) is 14.3. The number of ketones is 1. The number of carbonyl (C=O) groups is 1. The third kappa shape index (κ3) is 5.28. The Morgan fingerprint density at radius 1 is 1.03 bits per heavy atom. The Kier molecular flexibility index (Phi) is 7.22. The number of benzene rings is 3. The number of fused-ring (bicyclic) bond motifs is 1. The highest BCUT2D eigenvalue weighted by atomic mass is 16.5. The Labute approximate surface area is 226 Å². The first kappa shape index (κ1) is 25.5. The fourth-order valence-corrected chi connectivity index (χ4v) is 4.64. The molecule has 0 amide bonds. The number of ether oxygens (including phenoxy) is 2. The molecular formula is C30H28N6O3. The average Bonchev–Trinajstić information content (AvgIpc) is 2.96. The van der Waals surface area contributed by atoms with E-state index in [0.29, 0.717) is 29.0 Å². The number of hydrogen-bond donors (Lipinski definition) is 2. The Hall–Kier alpha value is -5.18. The van der Waals surface area contributed by atoms with Crippen LogP contribution in [0.15, 0.2) is 90.3 Å². The van der Waals surface area contributed by atoms with E-state index in [0.717, 1.165) is 22.3 Å². The molecule has 1 aromatic heterocycles. The topological polar surface area (TPSA) is 129 Å². The standard InChI is InChI=1S/C30H28N6O3/c1-38-26-16-19(14-22-17-33-30(32)35-29(22)31)15-24(28(26)39-2)25(37)12-13-36-27(20-8-4-3-5-9-20)23-11-7-6-10-21(23)18-34-36/h3-13,15-18,27H,14H2,1-2H3,(H4,31,32,33,35). The van der Waals surface area contributed by atoms with Crippen LogP contribution in [-0.4, -0.2) is 41.2 Å². The van der Waals surface area contributed by atoms with Gasteiger partial charge in [0, 0.05) is 36.0 Å². The van der Waals surface area contributed by atoms with E-state index in [4.69, 9.17) is 20.9 Å². The van der Waals surface area contributed by atoms with Crippen molar-refractivity contribution in [3.8, 4) is 11.5 Å². The number of hydrazone groups is 1. The first-order valence-corrected chi connectivity index (χ1v) is 12.3. The minimum Gasteiger partial charge on any atom is -0.493 e. The summed E-state index contributed by atoms with van der Waals surface area (Å²) in [5.74, 6) is 0.870. The van der Waals surface area contributed by atoms with Crippen LogP contribution in [0.1, 0.15) is 44.2 Å². The Morgan fingerprint density at radius 2 is 1.79 bits per heavy atom. The van der Waals surface area contributed by atoms with Crippen molar-refractivity contribution >= 4 is 23.8 Å². The number of nitrogens with two attached hydrogens (primary N) is 2. The number of aromatic nitrogens is 2. The van der Waals surface area contributed by atoms with Crippen molar-refractivity contribution in [2.45, 2.75) is 12.5 Å². The fourth-order valence-electron chi connectivity index (χ4n) is 4.64. The van der Waals surface area contributed by atoms with Gasteiger partial charge in [0.15, 0.2) is 17.3 Å². The van der Waals surface area contributed by atoms with E-state index in [1.165, 1.54) is 20.3 Å². The fraction of sp³-hybridized carbons (Fsp3) is 0.133. The largest absolute Gasteiger partial charge is 0.493 e. The predicted molar refractivity (Wildman–Crippen MR) is 151 cm³/mol. The van der Waals surface area contributed by atoms with Gasteiger partial charge in [0.2, 0.25) is 5.95 Å². The van der Waals surface area contributed by atoms with Gasteiger partial charge in [-0.1, -0.05) is 54.6 Å². The SMILES string of the molecule is COc1cc(Cc2cnc(N)nc2N)cc(C(=O)C=CN2N=Cc3ccccc3C2c2ccccc2)c1OC. The summed E-state index contributed by atoms with van der Waals surface area (Å²) in [6.45, 7) is 0. The van der Waals surface area contributed by atoms with Crippen LogP contribution in [0, 0.1) is 0 Å². The molecule has 9 nitrogen and oxygen atoms in total. The summed E-state index contributed by atoms with van der Waals surface area (Å²) in [5, 5.41) is 6.42. The van der Waals surface area contributed by atoms with Gasteiger partial charge < -0.3 is 20.9 Å². The highest BCUT2D eigenvalue weighted by molar-refractivity contribution is 6.07. The van der Waals surface area contributed by atoms with Gasteiger partial charge in [-0.2, -0.15) is 10.1 Å². The van der Waals surface area contributed by atoms with Crippen molar-refractivity contribution in [1.29, 1.82) is 0 Å². The zero-order valence-corrected chi connectivity index (χ0v) is 21.6. The van der Waals surface area contributed by atoms with Crippen molar-refractivity contribution < 1.29 is 14.3 Å². The highest BCUT2D eigenvalue weighted by Crippen LogP contribution is 2.36. The van der Waals surface area contributed by atoms with E-state index in [9.17, 15) is 4.79 Å². The van der Waals surface area contributed by atoms with Gasteiger partial charge in [0.25, 0.3) is 0 Å². The Balaban J connectivity index is 1.49. The number of anilines is 2. The third-order valence-electron chi connectivity index (χ3n) is 6.49. The van der Waals surface area contributed by atoms with E-state index in [2.05, 4.69) is 33.3 Å². The summed E-state index contributed by atoms with van der Waals surface area (Å²) in [4.78, 5) is 21.6. The van der Waals surface area contributed by atoms with E-state index in [1.54, 1.807) is 35.8 Å². The van der Waals surface area contributed by atoms with Crippen molar-refractivity contribution in [2.24, 2.45) is 5.10 Å². The maximum Gasteiger partial charge on any atom is 0.221 e. The number of nitrogens with zero attached hydrogens (tertiary/aromatic N) is 4. The second-order valence-corrected chi connectivity index (χ2v) is 8.94. The number of carbonyl (C=O) groups excluding carboxylic acids is 1. The van der Waals surface area contributed by atoms with Crippen LogP contribution in [0.5, 0.6) is 11.5 Å². The minimum atomic E-state index is -0.269. The molecule has 196 valence electrons. The van der Waals surface area contributed by atoms with E-state index in [1.807, 2.05) is 36.4 Å². The quantitative estimate of drug-likeness (QED) is 0.259. The molecule has 0 spiro atoms. The Bertz CT molecular complexity index is 1570. The van der Waals surface area contributed by atoms with Gasteiger partial charge in [-0.25, -0.2) is 4.98 Å². The van der Waals surface area contributed by atoms with Crippen molar-refractivity contribution in [2.75, 3.05) is 25.7 Å². The lowest BCUT2D eigenvalue weighted by Crippen LogP contribution is -2.25. The molecule has 1 aliphatic heterocycles. The number of nitrogen functional groups attached to an aromatic ring is 2. The van der Waals surface area contributed by atoms with Crippen LogP contribution in [0.2, 0.25) is 0 Å². The summed E-state index contributed by atoms with van der Waals surface area (Å²) in [5.41, 5.74) is 16.7. The molecule has 0 radical (unpaired) electrons. The summed E-state index contributed by atoms with van der Waals surface area (Å²) in [7, 11) is 3.03. The van der Waals surface area contributed by atoms with Crippen LogP contribution >= 0.6 is 0 Å². The van der Waals surface area contributed by atoms with Gasteiger partial charge in [-0.05, 0) is 28.8 Å². The van der Waals surface area contributed by atoms with E-state index >= 15 is 0 Å². The van der Waals surface area contributed by atoms with Crippen molar-refractivity contribution in [3.05, 3.63) is 119 Å². The molecule has 1 atom stereocenters. The van der Waals surface area contributed by atoms with Gasteiger partial charge in [-0.3, -0.25) is 9.80 Å². The number of hydrogen-bond acceptors (Lipinski definition) is 9. The molecule has 0 saturated carbocycles. The lowest BCUT2D eigenvalue weighted by atomic mass is 9.93. The molecular weight excluding hydrogens is 492 g/mol. The Morgan fingerprint density at radius 3 is 2.54 bits per heavy atom.